The van der Waals surface area contributed by atoms with Crippen LogP contribution in [0.2, 0.25) is 0 Å². The Kier molecular flexibility index (Phi) is 4.49. The van der Waals surface area contributed by atoms with E-state index in [4.69, 9.17) is 5.39 Å². The van der Waals surface area contributed by atoms with E-state index in [1.54, 1.807) is 12.1 Å². The van der Waals surface area contributed by atoms with Crippen molar-refractivity contribution in [3.05, 3.63) is 59.6 Å². The van der Waals surface area contributed by atoms with Gasteiger partial charge in [-0.2, -0.15) is 0 Å². The zero-order chi connectivity index (χ0) is 10.5. The molecule has 80 valence electrons. The van der Waals surface area contributed by atoms with Crippen LogP contribution in [0.3, 0.4) is 0 Å². The number of nitrogens with zero attached hydrogens (tertiary/aromatic N) is 2. The zero-order valence-electron chi connectivity index (χ0n) is 8.47. The average molecular weight is 276 g/mol. The molecule has 0 unspecified atom stereocenters. The molecule has 0 aliphatic heterocycles. The van der Waals surface area contributed by atoms with Crippen molar-refractivity contribution in [2.24, 2.45) is 0 Å². The second-order valence-electron chi connectivity index (χ2n) is 3.14. The fraction of sp³-hybridized carbons (Fsp3) is 0. The SMILES string of the molecule is N#[N+]c1ccc(Nc2ccccc2)cc1.[Br-]. The Labute approximate surface area is 105 Å². The maximum atomic E-state index is 8.52. The summed E-state index contributed by atoms with van der Waals surface area (Å²) in [5.74, 6) is 0. The molecule has 0 radical (unpaired) electrons. The molecule has 0 heterocycles. The standard InChI is InChI=1S/C12H10N3.BrH/c13-15-12-8-6-11(7-9-12)14-10-4-2-1-3-5-10;/h1-9,14H;1H/q+1;/p-1. The third kappa shape index (κ3) is 3.07. The summed E-state index contributed by atoms with van der Waals surface area (Å²) in [6, 6.07) is 17.1. The van der Waals surface area contributed by atoms with E-state index < -0.39 is 0 Å². The largest absolute Gasteiger partial charge is 1.00 e. The molecule has 0 fully saturated rings. The molecule has 2 rings (SSSR count). The highest BCUT2D eigenvalue weighted by Crippen LogP contribution is 2.19. The summed E-state index contributed by atoms with van der Waals surface area (Å²) < 4.78 is 0. The molecule has 0 saturated heterocycles. The fourth-order valence-electron chi connectivity index (χ4n) is 1.30. The van der Waals surface area contributed by atoms with Gasteiger partial charge in [0, 0.05) is 23.5 Å². The normalized spacial score (nSPS) is 8.69. The molecule has 0 aliphatic rings. The lowest BCUT2D eigenvalue weighted by atomic mass is 10.2. The quantitative estimate of drug-likeness (QED) is 0.829. The van der Waals surface area contributed by atoms with Gasteiger partial charge < -0.3 is 22.3 Å². The van der Waals surface area contributed by atoms with Gasteiger partial charge in [-0.1, -0.05) is 18.2 Å². The van der Waals surface area contributed by atoms with Crippen LogP contribution in [0.4, 0.5) is 17.1 Å². The van der Waals surface area contributed by atoms with E-state index in [9.17, 15) is 0 Å². The van der Waals surface area contributed by atoms with Crippen LogP contribution < -0.4 is 22.3 Å². The number of hydrogen-bond acceptors (Lipinski definition) is 2. The smallest absolute Gasteiger partial charge is 0.385 e. The average Bonchev–Trinajstić information content (AvgIpc) is 2.31. The summed E-state index contributed by atoms with van der Waals surface area (Å²) in [4.78, 5) is 3.09. The van der Waals surface area contributed by atoms with Gasteiger partial charge in [-0.3, -0.25) is 0 Å². The number of benzene rings is 2. The molecule has 0 spiro atoms. The Morgan fingerprint density at radius 2 is 1.38 bits per heavy atom. The maximum absolute atomic E-state index is 8.52. The van der Waals surface area contributed by atoms with Gasteiger partial charge in [0.1, 0.15) is 0 Å². The van der Waals surface area contributed by atoms with Gasteiger partial charge in [-0.25, -0.2) is 0 Å². The second kappa shape index (κ2) is 5.89. The zero-order valence-corrected chi connectivity index (χ0v) is 10.1. The number of para-hydroxylation sites is 1. The first-order valence-corrected chi connectivity index (χ1v) is 4.66. The van der Waals surface area contributed by atoms with Crippen molar-refractivity contribution in [3.8, 4) is 0 Å². The Morgan fingerprint density at radius 1 is 0.812 bits per heavy atom. The van der Waals surface area contributed by atoms with Crippen LogP contribution in [0.25, 0.3) is 4.98 Å². The lowest BCUT2D eigenvalue weighted by Gasteiger charge is -2.04. The van der Waals surface area contributed by atoms with Gasteiger partial charge in [-0.05, 0) is 24.3 Å². The summed E-state index contributed by atoms with van der Waals surface area (Å²) in [6.45, 7) is 0. The van der Waals surface area contributed by atoms with Crippen molar-refractivity contribution in [2.75, 3.05) is 5.32 Å². The van der Waals surface area contributed by atoms with Crippen LogP contribution in [-0.4, -0.2) is 0 Å². The molecule has 2 aromatic rings. The minimum absolute atomic E-state index is 0. The molecule has 0 atom stereocenters. The van der Waals surface area contributed by atoms with Gasteiger partial charge in [0.15, 0.2) is 4.98 Å². The van der Waals surface area contributed by atoms with Crippen LogP contribution in [0.1, 0.15) is 0 Å². The third-order valence-corrected chi connectivity index (χ3v) is 2.05. The van der Waals surface area contributed by atoms with Crippen LogP contribution >= 0.6 is 0 Å². The molecule has 2 aromatic carbocycles. The Balaban J connectivity index is 0.00000128. The van der Waals surface area contributed by atoms with E-state index in [0.29, 0.717) is 5.69 Å². The van der Waals surface area contributed by atoms with Crippen molar-refractivity contribution in [3.63, 3.8) is 0 Å². The Bertz CT molecular complexity index is 474. The first-order valence-electron chi connectivity index (χ1n) is 4.66. The van der Waals surface area contributed by atoms with Crippen molar-refractivity contribution >= 4 is 17.1 Å². The van der Waals surface area contributed by atoms with Gasteiger partial charge in [0.25, 0.3) is 0 Å². The van der Waals surface area contributed by atoms with Crippen molar-refractivity contribution in [1.29, 1.82) is 5.39 Å². The molecule has 0 amide bonds. The Hall–Kier alpha value is -1.86. The molecular formula is C12H10BrN3. The summed E-state index contributed by atoms with van der Waals surface area (Å²) in [7, 11) is 0. The van der Waals surface area contributed by atoms with E-state index in [1.807, 2.05) is 42.5 Å². The van der Waals surface area contributed by atoms with Crippen LogP contribution in [0, 0.1) is 5.39 Å². The number of diazo groups is 1. The summed E-state index contributed by atoms with van der Waals surface area (Å²) in [5.41, 5.74) is 2.55. The van der Waals surface area contributed by atoms with Crippen LogP contribution in [-0.2, 0) is 0 Å². The lowest BCUT2D eigenvalue weighted by Crippen LogP contribution is -3.00. The van der Waals surface area contributed by atoms with E-state index in [1.165, 1.54) is 0 Å². The molecule has 4 heteroatoms. The van der Waals surface area contributed by atoms with E-state index in [2.05, 4.69) is 10.3 Å². The monoisotopic (exact) mass is 275 g/mol. The van der Waals surface area contributed by atoms with Crippen molar-refractivity contribution in [2.45, 2.75) is 0 Å². The van der Waals surface area contributed by atoms with Crippen molar-refractivity contribution < 1.29 is 17.0 Å². The fourth-order valence-corrected chi connectivity index (χ4v) is 1.30. The number of anilines is 2. The Morgan fingerprint density at radius 3 is 1.94 bits per heavy atom. The topological polar surface area (TPSA) is 40.2 Å². The molecule has 1 N–H and O–H groups in total. The lowest BCUT2D eigenvalue weighted by molar-refractivity contribution is -0.00000318. The summed E-state index contributed by atoms with van der Waals surface area (Å²) >= 11 is 0. The van der Waals surface area contributed by atoms with Crippen LogP contribution in [0.15, 0.2) is 54.6 Å². The van der Waals surface area contributed by atoms with E-state index in [-0.39, 0.29) is 17.0 Å². The predicted octanol–water partition coefficient (Wildman–Crippen LogP) is 0.919. The van der Waals surface area contributed by atoms with Crippen molar-refractivity contribution in [1.82, 2.24) is 0 Å². The minimum atomic E-state index is 0. The highest BCUT2D eigenvalue weighted by molar-refractivity contribution is 5.62. The van der Waals surface area contributed by atoms with E-state index >= 15 is 0 Å². The second-order valence-corrected chi connectivity index (χ2v) is 3.14. The maximum Gasteiger partial charge on any atom is 0.385 e. The molecule has 3 nitrogen and oxygen atoms in total. The number of halogens is 1. The highest BCUT2D eigenvalue weighted by atomic mass is 79.9. The number of hydrogen-bond donors (Lipinski definition) is 1. The van der Waals surface area contributed by atoms with Gasteiger partial charge in [0.05, 0.1) is 0 Å². The number of nitrogens with one attached hydrogen (secondary N) is 1. The van der Waals surface area contributed by atoms with Crippen LogP contribution in [0.5, 0.6) is 0 Å². The summed E-state index contributed by atoms with van der Waals surface area (Å²) in [5, 5.41) is 11.8. The molecule has 0 saturated carbocycles. The first kappa shape index (κ1) is 12.2. The van der Waals surface area contributed by atoms with E-state index in [0.717, 1.165) is 11.4 Å². The molecular weight excluding hydrogens is 266 g/mol. The molecule has 0 aromatic heterocycles. The van der Waals surface area contributed by atoms with Gasteiger partial charge in [-0.15, -0.1) is 0 Å². The highest BCUT2D eigenvalue weighted by Gasteiger charge is 2.02. The molecule has 16 heavy (non-hydrogen) atoms. The van der Waals surface area contributed by atoms with Gasteiger partial charge in [0.2, 0.25) is 5.39 Å². The third-order valence-electron chi connectivity index (χ3n) is 2.05. The molecule has 0 aliphatic carbocycles. The predicted molar refractivity (Wildman–Crippen MR) is 60.9 cm³/mol. The molecule has 0 bridgehead atoms. The summed E-state index contributed by atoms with van der Waals surface area (Å²) in [6.07, 6.45) is 0. The first-order chi connectivity index (χ1) is 7.38. The number of rotatable bonds is 2. The van der Waals surface area contributed by atoms with Gasteiger partial charge >= 0.3 is 5.69 Å². The minimum Gasteiger partial charge on any atom is -1.00 e.